The standard InChI is InChI=1S/C14H12N4O3/c1-21-11-3-2-8-18-12(11)16-14(17-18)15-10-6-4-9(5-7-10)13(19)20/h2-8H,1H3,(H,15,17)(H,19,20). The minimum atomic E-state index is -0.961. The van der Waals surface area contributed by atoms with Gasteiger partial charge in [-0.05, 0) is 36.4 Å². The van der Waals surface area contributed by atoms with Gasteiger partial charge in [0.15, 0.2) is 11.4 Å². The summed E-state index contributed by atoms with van der Waals surface area (Å²) in [7, 11) is 1.57. The second kappa shape index (κ2) is 5.12. The van der Waals surface area contributed by atoms with Crippen molar-refractivity contribution in [2.45, 2.75) is 0 Å². The quantitative estimate of drug-likeness (QED) is 0.763. The number of methoxy groups -OCH3 is 1. The molecule has 0 bridgehead atoms. The maximum Gasteiger partial charge on any atom is 0.335 e. The molecule has 106 valence electrons. The van der Waals surface area contributed by atoms with Crippen molar-refractivity contribution in [1.29, 1.82) is 0 Å². The highest BCUT2D eigenvalue weighted by Crippen LogP contribution is 2.20. The van der Waals surface area contributed by atoms with Crippen LogP contribution < -0.4 is 10.1 Å². The van der Waals surface area contributed by atoms with Crippen LogP contribution in [0.2, 0.25) is 0 Å². The van der Waals surface area contributed by atoms with E-state index in [1.54, 1.807) is 36.0 Å². The first kappa shape index (κ1) is 12.9. The van der Waals surface area contributed by atoms with E-state index in [-0.39, 0.29) is 5.56 Å². The van der Waals surface area contributed by atoms with Gasteiger partial charge in [0.25, 0.3) is 0 Å². The molecule has 2 N–H and O–H groups in total. The monoisotopic (exact) mass is 284 g/mol. The number of ether oxygens (including phenoxy) is 1. The number of carboxylic acids is 1. The summed E-state index contributed by atoms with van der Waals surface area (Å²) in [6.45, 7) is 0. The Bertz CT molecular complexity index is 796. The van der Waals surface area contributed by atoms with Gasteiger partial charge in [0.1, 0.15) is 0 Å². The number of hydrogen-bond acceptors (Lipinski definition) is 5. The summed E-state index contributed by atoms with van der Waals surface area (Å²) in [6.07, 6.45) is 1.77. The maximum atomic E-state index is 10.8. The molecule has 0 fully saturated rings. The van der Waals surface area contributed by atoms with Crippen LogP contribution in [0.4, 0.5) is 11.6 Å². The number of pyridine rings is 1. The van der Waals surface area contributed by atoms with Crippen LogP contribution in [0.5, 0.6) is 5.75 Å². The SMILES string of the molecule is COc1cccn2nc(Nc3ccc(C(=O)O)cc3)nc12. The fourth-order valence-corrected chi connectivity index (χ4v) is 1.92. The van der Waals surface area contributed by atoms with Gasteiger partial charge < -0.3 is 15.2 Å². The summed E-state index contributed by atoms with van der Waals surface area (Å²) in [5.41, 5.74) is 1.53. The van der Waals surface area contributed by atoms with E-state index in [2.05, 4.69) is 15.4 Å². The number of hydrogen-bond donors (Lipinski definition) is 2. The molecule has 21 heavy (non-hydrogen) atoms. The topological polar surface area (TPSA) is 88.8 Å². The summed E-state index contributed by atoms with van der Waals surface area (Å²) >= 11 is 0. The predicted molar refractivity (Wildman–Crippen MR) is 76.2 cm³/mol. The zero-order chi connectivity index (χ0) is 14.8. The second-order valence-electron chi connectivity index (χ2n) is 4.29. The molecular formula is C14H12N4O3. The molecule has 0 radical (unpaired) electrons. The minimum absolute atomic E-state index is 0.227. The predicted octanol–water partition coefficient (Wildman–Crippen LogP) is 2.18. The van der Waals surface area contributed by atoms with Gasteiger partial charge in [-0.25, -0.2) is 9.31 Å². The number of benzene rings is 1. The molecule has 0 saturated heterocycles. The normalized spacial score (nSPS) is 10.5. The van der Waals surface area contributed by atoms with Crippen LogP contribution in [0, 0.1) is 0 Å². The zero-order valence-corrected chi connectivity index (χ0v) is 11.1. The van der Waals surface area contributed by atoms with Gasteiger partial charge in [-0.15, -0.1) is 5.10 Å². The molecule has 0 amide bonds. The molecule has 0 aliphatic rings. The Kier molecular flexibility index (Phi) is 3.15. The molecule has 0 aliphatic heterocycles. The zero-order valence-electron chi connectivity index (χ0n) is 11.1. The minimum Gasteiger partial charge on any atom is -0.493 e. The number of aromatic nitrogens is 3. The first-order chi connectivity index (χ1) is 10.2. The van der Waals surface area contributed by atoms with E-state index in [1.807, 2.05) is 6.07 Å². The van der Waals surface area contributed by atoms with Crippen LogP contribution >= 0.6 is 0 Å². The summed E-state index contributed by atoms with van der Waals surface area (Å²) in [5, 5.41) is 16.1. The van der Waals surface area contributed by atoms with Gasteiger partial charge in [0, 0.05) is 11.9 Å². The van der Waals surface area contributed by atoms with Gasteiger partial charge in [-0.2, -0.15) is 4.98 Å². The lowest BCUT2D eigenvalue weighted by molar-refractivity contribution is 0.0697. The van der Waals surface area contributed by atoms with Crippen LogP contribution in [0.15, 0.2) is 42.6 Å². The molecule has 3 aromatic rings. The lowest BCUT2D eigenvalue weighted by Gasteiger charge is -2.01. The van der Waals surface area contributed by atoms with E-state index < -0.39 is 5.97 Å². The first-order valence-electron chi connectivity index (χ1n) is 6.17. The number of aromatic carboxylic acids is 1. The van der Waals surface area contributed by atoms with E-state index in [1.165, 1.54) is 12.1 Å². The van der Waals surface area contributed by atoms with Crippen LogP contribution in [0.25, 0.3) is 5.65 Å². The van der Waals surface area contributed by atoms with Gasteiger partial charge in [0.2, 0.25) is 5.95 Å². The highest BCUT2D eigenvalue weighted by Gasteiger charge is 2.08. The molecule has 0 atom stereocenters. The second-order valence-corrected chi connectivity index (χ2v) is 4.29. The van der Waals surface area contributed by atoms with Crippen molar-refractivity contribution in [3.63, 3.8) is 0 Å². The Hall–Kier alpha value is -3.09. The molecule has 1 aromatic carbocycles. The number of nitrogens with zero attached hydrogens (tertiary/aromatic N) is 3. The third-order valence-electron chi connectivity index (χ3n) is 2.93. The van der Waals surface area contributed by atoms with Gasteiger partial charge >= 0.3 is 5.97 Å². The molecule has 7 nitrogen and oxygen atoms in total. The average molecular weight is 284 g/mol. The Morgan fingerprint density at radius 1 is 1.29 bits per heavy atom. The fourth-order valence-electron chi connectivity index (χ4n) is 1.92. The first-order valence-corrected chi connectivity index (χ1v) is 6.17. The average Bonchev–Trinajstić information content (AvgIpc) is 2.90. The van der Waals surface area contributed by atoms with Crippen molar-refractivity contribution in [1.82, 2.24) is 14.6 Å². The number of nitrogens with one attached hydrogen (secondary N) is 1. The summed E-state index contributed by atoms with van der Waals surface area (Å²) in [5.74, 6) is 0.0685. The van der Waals surface area contributed by atoms with Crippen molar-refractivity contribution in [2.24, 2.45) is 0 Å². The number of fused-ring (bicyclic) bond motifs is 1. The summed E-state index contributed by atoms with van der Waals surface area (Å²) < 4.78 is 6.82. The van der Waals surface area contributed by atoms with E-state index in [4.69, 9.17) is 9.84 Å². The molecular weight excluding hydrogens is 272 g/mol. The molecule has 7 heteroatoms. The third-order valence-corrected chi connectivity index (χ3v) is 2.93. The van der Waals surface area contributed by atoms with Crippen molar-refractivity contribution < 1.29 is 14.6 Å². The Morgan fingerprint density at radius 2 is 2.05 bits per heavy atom. The molecule has 3 rings (SSSR count). The summed E-state index contributed by atoms with van der Waals surface area (Å²) in [4.78, 5) is 15.1. The number of carboxylic acid groups (broad SMARTS) is 1. The molecule has 0 aliphatic carbocycles. The largest absolute Gasteiger partial charge is 0.493 e. The molecule has 0 unspecified atom stereocenters. The lowest BCUT2D eigenvalue weighted by atomic mass is 10.2. The maximum absolute atomic E-state index is 10.8. The number of rotatable bonds is 4. The Labute approximate surface area is 119 Å². The van der Waals surface area contributed by atoms with Crippen molar-refractivity contribution in [2.75, 3.05) is 12.4 Å². The Morgan fingerprint density at radius 3 is 2.71 bits per heavy atom. The third kappa shape index (κ3) is 2.48. The van der Waals surface area contributed by atoms with Crippen molar-refractivity contribution >= 4 is 23.3 Å². The smallest absolute Gasteiger partial charge is 0.335 e. The van der Waals surface area contributed by atoms with Crippen molar-refractivity contribution in [3.05, 3.63) is 48.2 Å². The van der Waals surface area contributed by atoms with Crippen molar-refractivity contribution in [3.8, 4) is 5.75 Å². The van der Waals surface area contributed by atoms with Crippen LogP contribution in [-0.4, -0.2) is 32.8 Å². The fraction of sp³-hybridized carbons (Fsp3) is 0.0714. The van der Waals surface area contributed by atoms with E-state index in [0.717, 1.165) is 0 Å². The Balaban J connectivity index is 1.89. The van der Waals surface area contributed by atoms with E-state index >= 15 is 0 Å². The number of anilines is 2. The molecule has 2 heterocycles. The molecule has 2 aromatic heterocycles. The van der Waals surface area contributed by atoms with E-state index in [9.17, 15) is 4.79 Å². The lowest BCUT2D eigenvalue weighted by Crippen LogP contribution is -1.97. The van der Waals surface area contributed by atoms with Gasteiger partial charge in [0.05, 0.1) is 12.7 Å². The van der Waals surface area contributed by atoms with Crippen LogP contribution in [0.1, 0.15) is 10.4 Å². The highest BCUT2D eigenvalue weighted by molar-refractivity contribution is 5.88. The van der Waals surface area contributed by atoms with Gasteiger partial charge in [-0.3, -0.25) is 0 Å². The van der Waals surface area contributed by atoms with Crippen LogP contribution in [0.3, 0.4) is 0 Å². The van der Waals surface area contributed by atoms with Gasteiger partial charge in [-0.1, -0.05) is 0 Å². The van der Waals surface area contributed by atoms with Crippen LogP contribution in [-0.2, 0) is 0 Å². The molecule has 0 saturated carbocycles. The number of carbonyl (C=O) groups is 1. The molecule has 0 spiro atoms. The highest BCUT2D eigenvalue weighted by atomic mass is 16.5. The van der Waals surface area contributed by atoms with E-state index in [0.29, 0.717) is 23.0 Å². The summed E-state index contributed by atoms with van der Waals surface area (Å²) in [6, 6.07) is 9.96.